The molecule has 0 aromatic heterocycles. The molecule has 1 atom stereocenters. The van der Waals surface area contributed by atoms with Crippen molar-refractivity contribution in [3.05, 3.63) is 47.5 Å². The first-order valence-electron chi connectivity index (χ1n) is 9.85. The third kappa shape index (κ3) is 6.28. The fourth-order valence-corrected chi connectivity index (χ4v) is 3.01. The minimum Gasteiger partial charge on any atom is -0.497 e. The van der Waals surface area contributed by atoms with Crippen LogP contribution in [0.25, 0.3) is 0 Å². The van der Waals surface area contributed by atoms with Gasteiger partial charge in [0, 0.05) is 23.7 Å². The summed E-state index contributed by atoms with van der Waals surface area (Å²) in [7, 11) is 6.15. The maximum atomic E-state index is 12.9. The smallest absolute Gasteiger partial charge is 0.252 e. The number of carbonyl (C=O) groups excluding carboxylic acids is 2. The number of methoxy groups -OCH3 is 4. The summed E-state index contributed by atoms with van der Waals surface area (Å²) in [6.45, 7) is 3.96. The molecule has 0 spiro atoms. The van der Waals surface area contributed by atoms with Crippen molar-refractivity contribution in [1.29, 1.82) is 0 Å². The Kier molecular flexibility index (Phi) is 8.54. The molecular weight excluding hydrogens is 400 g/mol. The second-order valence-corrected chi connectivity index (χ2v) is 7.19. The highest BCUT2D eigenvalue weighted by molar-refractivity contribution is 5.98. The zero-order valence-electron chi connectivity index (χ0n) is 18.8. The largest absolute Gasteiger partial charge is 0.497 e. The van der Waals surface area contributed by atoms with Crippen molar-refractivity contribution in [3.8, 4) is 23.0 Å². The van der Waals surface area contributed by atoms with Gasteiger partial charge in [0.15, 0.2) is 0 Å². The first-order chi connectivity index (χ1) is 14.8. The highest BCUT2D eigenvalue weighted by atomic mass is 16.5. The van der Waals surface area contributed by atoms with Gasteiger partial charge in [-0.1, -0.05) is 13.8 Å². The number of rotatable bonds is 10. The van der Waals surface area contributed by atoms with Crippen molar-refractivity contribution >= 4 is 11.8 Å². The molecule has 0 radical (unpaired) electrons. The zero-order chi connectivity index (χ0) is 23.0. The SMILES string of the molecule is COc1cc(OC)cc(C(=O)NC(C(=O)NCc2cc(OC)ccc2OC)C(C)C)c1. The Labute approximate surface area is 182 Å². The summed E-state index contributed by atoms with van der Waals surface area (Å²) in [5.41, 5.74) is 1.10. The highest BCUT2D eigenvalue weighted by Gasteiger charge is 2.25. The summed E-state index contributed by atoms with van der Waals surface area (Å²) in [4.78, 5) is 25.7. The maximum absolute atomic E-state index is 12.9. The van der Waals surface area contributed by atoms with Crippen molar-refractivity contribution < 1.29 is 28.5 Å². The Hall–Kier alpha value is -3.42. The van der Waals surface area contributed by atoms with Crippen LogP contribution < -0.4 is 29.6 Å². The van der Waals surface area contributed by atoms with E-state index in [1.807, 2.05) is 13.8 Å². The highest BCUT2D eigenvalue weighted by Crippen LogP contribution is 2.24. The van der Waals surface area contributed by atoms with Gasteiger partial charge in [-0.05, 0) is 36.2 Å². The lowest BCUT2D eigenvalue weighted by atomic mass is 10.0. The van der Waals surface area contributed by atoms with Crippen LogP contribution in [0.2, 0.25) is 0 Å². The van der Waals surface area contributed by atoms with E-state index in [1.54, 1.807) is 50.6 Å². The summed E-state index contributed by atoms with van der Waals surface area (Å²) < 4.78 is 21.0. The number of hydrogen-bond acceptors (Lipinski definition) is 6. The Morgan fingerprint density at radius 2 is 1.45 bits per heavy atom. The van der Waals surface area contributed by atoms with Crippen LogP contribution in [0.15, 0.2) is 36.4 Å². The monoisotopic (exact) mass is 430 g/mol. The van der Waals surface area contributed by atoms with E-state index in [0.717, 1.165) is 5.56 Å². The van der Waals surface area contributed by atoms with E-state index < -0.39 is 11.9 Å². The molecule has 8 nitrogen and oxygen atoms in total. The minimum atomic E-state index is -0.735. The van der Waals surface area contributed by atoms with E-state index in [4.69, 9.17) is 18.9 Å². The van der Waals surface area contributed by atoms with Crippen molar-refractivity contribution in [1.82, 2.24) is 10.6 Å². The van der Waals surface area contributed by atoms with Crippen LogP contribution in [0.5, 0.6) is 23.0 Å². The van der Waals surface area contributed by atoms with Gasteiger partial charge in [0.2, 0.25) is 5.91 Å². The van der Waals surface area contributed by atoms with E-state index in [9.17, 15) is 9.59 Å². The fraction of sp³-hybridized carbons (Fsp3) is 0.391. The summed E-state index contributed by atoms with van der Waals surface area (Å²) in [5.74, 6) is 1.43. The second-order valence-electron chi connectivity index (χ2n) is 7.19. The third-order valence-corrected chi connectivity index (χ3v) is 4.79. The molecule has 0 aliphatic heterocycles. The molecule has 1 unspecified atom stereocenters. The number of amides is 2. The molecule has 31 heavy (non-hydrogen) atoms. The lowest BCUT2D eigenvalue weighted by molar-refractivity contribution is -0.124. The van der Waals surface area contributed by atoms with E-state index in [0.29, 0.717) is 28.6 Å². The average molecular weight is 431 g/mol. The van der Waals surface area contributed by atoms with Gasteiger partial charge >= 0.3 is 0 Å². The number of nitrogens with one attached hydrogen (secondary N) is 2. The van der Waals surface area contributed by atoms with Gasteiger partial charge in [0.05, 0.1) is 28.4 Å². The summed E-state index contributed by atoms with van der Waals surface area (Å²) in [6.07, 6.45) is 0. The average Bonchev–Trinajstić information content (AvgIpc) is 2.79. The van der Waals surface area contributed by atoms with Crippen molar-refractivity contribution in [2.45, 2.75) is 26.4 Å². The quantitative estimate of drug-likeness (QED) is 0.602. The Balaban J connectivity index is 2.14. The van der Waals surface area contributed by atoms with Gasteiger partial charge in [-0.15, -0.1) is 0 Å². The lowest BCUT2D eigenvalue weighted by Gasteiger charge is -2.22. The Bertz CT molecular complexity index is 891. The number of ether oxygens (including phenoxy) is 4. The molecule has 2 aromatic carbocycles. The summed E-state index contributed by atoms with van der Waals surface area (Å²) in [6, 6.07) is 9.47. The van der Waals surface area contributed by atoms with Gasteiger partial charge in [-0.3, -0.25) is 9.59 Å². The number of benzene rings is 2. The van der Waals surface area contributed by atoms with E-state index in [1.165, 1.54) is 14.2 Å². The number of hydrogen-bond donors (Lipinski definition) is 2. The molecule has 2 amide bonds. The van der Waals surface area contributed by atoms with Crippen molar-refractivity contribution in [2.24, 2.45) is 5.92 Å². The molecule has 2 rings (SSSR count). The third-order valence-electron chi connectivity index (χ3n) is 4.79. The van der Waals surface area contributed by atoms with E-state index in [2.05, 4.69) is 10.6 Å². The fourth-order valence-electron chi connectivity index (χ4n) is 3.01. The molecule has 2 aromatic rings. The van der Waals surface area contributed by atoms with Crippen molar-refractivity contribution in [3.63, 3.8) is 0 Å². The molecular formula is C23H30N2O6. The molecule has 0 fully saturated rings. The predicted octanol–water partition coefficient (Wildman–Crippen LogP) is 2.79. The molecule has 0 bridgehead atoms. The molecule has 0 aliphatic rings. The van der Waals surface area contributed by atoms with Gasteiger partial charge < -0.3 is 29.6 Å². The molecule has 8 heteroatoms. The molecule has 168 valence electrons. The number of carbonyl (C=O) groups is 2. The molecule has 0 saturated carbocycles. The van der Waals surface area contributed by atoms with Crippen LogP contribution in [0.1, 0.15) is 29.8 Å². The summed E-state index contributed by atoms with van der Waals surface area (Å²) in [5, 5.41) is 5.67. The van der Waals surface area contributed by atoms with Crippen LogP contribution in [0, 0.1) is 5.92 Å². The molecule has 0 heterocycles. The van der Waals surface area contributed by atoms with Gasteiger partial charge in [0.25, 0.3) is 5.91 Å². The maximum Gasteiger partial charge on any atom is 0.252 e. The topological polar surface area (TPSA) is 95.1 Å². The lowest BCUT2D eigenvalue weighted by Crippen LogP contribution is -2.49. The van der Waals surface area contributed by atoms with Crippen molar-refractivity contribution in [2.75, 3.05) is 28.4 Å². The molecule has 0 aliphatic carbocycles. The van der Waals surface area contributed by atoms with Crippen LogP contribution in [0.4, 0.5) is 0 Å². The second kappa shape index (κ2) is 11.1. The van der Waals surface area contributed by atoms with Crippen LogP contribution >= 0.6 is 0 Å². The van der Waals surface area contributed by atoms with Crippen LogP contribution in [-0.4, -0.2) is 46.3 Å². The van der Waals surface area contributed by atoms with E-state index in [-0.39, 0.29) is 18.4 Å². The molecule has 2 N–H and O–H groups in total. The first-order valence-corrected chi connectivity index (χ1v) is 9.85. The Morgan fingerprint density at radius 3 is 1.97 bits per heavy atom. The standard InChI is InChI=1S/C23H30N2O6/c1-14(2)21(25-22(26)15-9-18(29-4)12-19(10-15)30-5)23(27)24-13-16-11-17(28-3)7-8-20(16)31-6/h7-12,14,21H,13H2,1-6H3,(H,24,27)(H,25,26). The summed E-state index contributed by atoms with van der Waals surface area (Å²) >= 11 is 0. The van der Waals surface area contributed by atoms with Crippen LogP contribution in [-0.2, 0) is 11.3 Å². The predicted molar refractivity (Wildman–Crippen MR) is 117 cm³/mol. The normalized spacial score (nSPS) is 11.5. The van der Waals surface area contributed by atoms with Gasteiger partial charge in [-0.2, -0.15) is 0 Å². The Morgan fingerprint density at radius 1 is 0.839 bits per heavy atom. The van der Waals surface area contributed by atoms with E-state index >= 15 is 0 Å². The van der Waals surface area contributed by atoms with Gasteiger partial charge in [-0.25, -0.2) is 0 Å². The van der Waals surface area contributed by atoms with Gasteiger partial charge in [0.1, 0.15) is 29.0 Å². The first kappa shape index (κ1) is 23.9. The zero-order valence-corrected chi connectivity index (χ0v) is 18.8. The minimum absolute atomic E-state index is 0.136. The van der Waals surface area contributed by atoms with Crippen LogP contribution in [0.3, 0.4) is 0 Å². The molecule has 0 saturated heterocycles.